The summed E-state index contributed by atoms with van der Waals surface area (Å²) in [6, 6.07) is 6.85. The van der Waals surface area contributed by atoms with E-state index in [2.05, 4.69) is 5.32 Å². The minimum Gasteiger partial charge on any atom is -0.376 e. The van der Waals surface area contributed by atoms with Gasteiger partial charge < -0.3 is 10.1 Å². The quantitative estimate of drug-likeness (QED) is 0.824. The molecule has 1 heterocycles. The van der Waals surface area contributed by atoms with Crippen molar-refractivity contribution in [2.24, 2.45) is 0 Å². The first kappa shape index (κ1) is 10.6. The van der Waals surface area contributed by atoms with Crippen LogP contribution in [-0.4, -0.2) is 19.8 Å². The van der Waals surface area contributed by atoms with Crippen LogP contribution in [0.2, 0.25) is 0 Å². The maximum atomic E-state index is 13.6. The molecule has 2 rings (SSSR count). The summed E-state index contributed by atoms with van der Waals surface area (Å²) in [6.45, 7) is 0.789. The molecule has 0 radical (unpaired) electrons. The highest BCUT2D eigenvalue weighted by atomic mass is 19.1. The van der Waals surface area contributed by atoms with E-state index in [0.717, 1.165) is 19.4 Å². The van der Waals surface area contributed by atoms with Crippen molar-refractivity contribution >= 4 is 0 Å². The fourth-order valence-electron chi connectivity index (χ4n) is 2.13. The summed E-state index contributed by atoms with van der Waals surface area (Å²) in [5.41, 5.74) is 0.701. The first-order chi connectivity index (χ1) is 7.33. The number of ether oxygens (including phenoxy) is 1. The van der Waals surface area contributed by atoms with Crippen LogP contribution in [0.5, 0.6) is 0 Å². The highest BCUT2D eigenvalue weighted by molar-refractivity contribution is 5.22. The zero-order chi connectivity index (χ0) is 10.7. The van der Waals surface area contributed by atoms with Crippen LogP contribution < -0.4 is 5.32 Å². The van der Waals surface area contributed by atoms with Crippen LogP contribution in [0.25, 0.3) is 0 Å². The van der Waals surface area contributed by atoms with E-state index in [1.54, 1.807) is 6.07 Å². The number of halogens is 1. The third-order valence-electron chi connectivity index (χ3n) is 2.89. The van der Waals surface area contributed by atoms with Gasteiger partial charge in [-0.3, -0.25) is 0 Å². The average molecular weight is 209 g/mol. The monoisotopic (exact) mass is 209 g/mol. The lowest BCUT2D eigenvalue weighted by Crippen LogP contribution is -2.29. The van der Waals surface area contributed by atoms with E-state index < -0.39 is 0 Å². The molecule has 0 aromatic heterocycles. The maximum Gasteiger partial charge on any atom is 0.128 e. The van der Waals surface area contributed by atoms with Crippen LogP contribution in [0.15, 0.2) is 24.3 Å². The molecular weight excluding hydrogens is 193 g/mol. The summed E-state index contributed by atoms with van der Waals surface area (Å²) >= 11 is 0. The van der Waals surface area contributed by atoms with Crippen molar-refractivity contribution in [1.82, 2.24) is 5.32 Å². The molecule has 1 aromatic carbocycles. The Balaban J connectivity index is 2.22. The van der Waals surface area contributed by atoms with Crippen LogP contribution in [0, 0.1) is 5.82 Å². The lowest BCUT2D eigenvalue weighted by atomic mass is 9.99. The van der Waals surface area contributed by atoms with Crippen molar-refractivity contribution in [3.63, 3.8) is 0 Å². The van der Waals surface area contributed by atoms with E-state index in [4.69, 9.17) is 4.74 Å². The zero-order valence-electron chi connectivity index (χ0n) is 8.87. The van der Waals surface area contributed by atoms with E-state index in [9.17, 15) is 4.39 Å². The minimum atomic E-state index is -0.160. The lowest BCUT2D eigenvalue weighted by Gasteiger charge is -2.23. The molecule has 0 bridgehead atoms. The van der Waals surface area contributed by atoms with Crippen LogP contribution in [0.3, 0.4) is 0 Å². The van der Waals surface area contributed by atoms with Gasteiger partial charge in [0.25, 0.3) is 0 Å². The highest BCUT2D eigenvalue weighted by Crippen LogP contribution is 2.27. The fraction of sp³-hybridized carbons (Fsp3) is 0.500. The summed E-state index contributed by atoms with van der Waals surface area (Å²) in [5, 5.41) is 3.14. The molecule has 0 amide bonds. The number of benzene rings is 1. The Morgan fingerprint density at radius 3 is 2.87 bits per heavy atom. The second kappa shape index (κ2) is 4.73. The van der Waals surface area contributed by atoms with Crippen molar-refractivity contribution < 1.29 is 9.13 Å². The van der Waals surface area contributed by atoms with Crippen LogP contribution in [0.1, 0.15) is 24.4 Å². The van der Waals surface area contributed by atoms with Crippen LogP contribution >= 0.6 is 0 Å². The van der Waals surface area contributed by atoms with Gasteiger partial charge in [0, 0.05) is 12.2 Å². The van der Waals surface area contributed by atoms with E-state index in [1.165, 1.54) is 6.07 Å². The fourth-order valence-corrected chi connectivity index (χ4v) is 2.13. The normalized spacial score (nSPS) is 22.9. The summed E-state index contributed by atoms with van der Waals surface area (Å²) in [4.78, 5) is 0. The molecule has 15 heavy (non-hydrogen) atoms. The summed E-state index contributed by atoms with van der Waals surface area (Å²) < 4.78 is 19.2. The third-order valence-corrected chi connectivity index (χ3v) is 2.89. The van der Waals surface area contributed by atoms with E-state index in [0.29, 0.717) is 5.56 Å². The van der Waals surface area contributed by atoms with Gasteiger partial charge in [0.1, 0.15) is 5.82 Å². The van der Waals surface area contributed by atoms with Crippen molar-refractivity contribution in [2.75, 3.05) is 13.7 Å². The van der Waals surface area contributed by atoms with Crippen molar-refractivity contribution in [3.8, 4) is 0 Å². The Morgan fingerprint density at radius 1 is 1.47 bits per heavy atom. The molecule has 1 saturated heterocycles. The Kier molecular flexibility index (Phi) is 3.34. The van der Waals surface area contributed by atoms with Gasteiger partial charge in [-0.25, -0.2) is 4.39 Å². The molecule has 2 unspecified atom stereocenters. The van der Waals surface area contributed by atoms with Gasteiger partial charge in [0.15, 0.2) is 0 Å². The Bertz CT molecular complexity index is 323. The molecule has 0 saturated carbocycles. The van der Waals surface area contributed by atoms with Gasteiger partial charge in [-0.2, -0.15) is 0 Å². The van der Waals surface area contributed by atoms with Crippen molar-refractivity contribution in [1.29, 1.82) is 0 Å². The van der Waals surface area contributed by atoms with Gasteiger partial charge in [0.05, 0.1) is 12.1 Å². The Hall–Kier alpha value is -0.930. The summed E-state index contributed by atoms with van der Waals surface area (Å²) in [5.74, 6) is -0.160. The Morgan fingerprint density at radius 2 is 2.27 bits per heavy atom. The molecule has 3 heteroatoms. The number of nitrogens with one attached hydrogen (secondary N) is 1. The summed E-state index contributed by atoms with van der Waals surface area (Å²) in [6.07, 6.45) is 2.17. The van der Waals surface area contributed by atoms with Crippen molar-refractivity contribution in [3.05, 3.63) is 35.6 Å². The molecule has 2 atom stereocenters. The number of hydrogen-bond donors (Lipinski definition) is 1. The van der Waals surface area contributed by atoms with Crippen molar-refractivity contribution in [2.45, 2.75) is 25.0 Å². The topological polar surface area (TPSA) is 21.3 Å². The highest BCUT2D eigenvalue weighted by Gasteiger charge is 2.27. The molecule has 1 fully saturated rings. The molecule has 1 N–H and O–H groups in total. The second-order valence-electron chi connectivity index (χ2n) is 3.84. The van der Waals surface area contributed by atoms with Gasteiger partial charge in [-0.1, -0.05) is 18.2 Å². The average Bonchev–Trinajstić information content (AvgIpc) is 2.75. The maximum absolute atomic E-state index is 13.6. The van der Waals surface area contributed by atoms with Gasteiger partial charge >= 0.3 is 0 Å². The van der Waals surface area contributed by atoms with Crippen LogP contribution in [0.4, 0.5) is 4.39 Å². The standard InChI is InChI=1S/C12H16FNO/c1-14-12(11-7-4-8-15-11)9-5-2-3-6-10(9)13/h2-3,5-6,11-12,14H,4,7-8H2,1H3. The predicted octanol–water partition coefficient (Wildman–Crippen LogP) is 2.27. The third kappa shape index (κ3) is 2.19. The first-order valence-corrected chi connectivity index (χ1v) is 5.36. The first-order valence-electron chi connectivity index (χ1n) is 5.36. The van der Waals surface area contributed by atoms with E-state index in [1.807, 2.05) is 19.2 Å². The van der Waals surface area contributed by atoms with Crippen LogP contribution in [-0.2, 0) is 4.74 Å². The summed E-state index contributed by atoms with van der Waals surface area (Å²) in [7, 11) is 1.85. The largest absolute Gasteiger partial charge is 0.376 e. The minimum absolute atomic E-state index is 0.0336. The number of likely N-dealkylation sites (N-methyl/N-ethyl adjacent to an activating group) is 1. The molecular formula is C12H16FNO. The predicted molar refractivity (Wildman–Crippen MR) is 57.2 cm³/mol. The second-order valence-corrected chi connectivity index (χ2v) is 3.84. The molecule has 1 aliphatic heterocycles. The smallest absolute Gasteiger partial charge is 0.128 e. The van der Waals surface area contributed by atoms with E-state index >= 15 is 0 Å². The molecule has 0 aliphatic carbocycles. The molecule has 1 aromatic rings. The van der Waals surface area contributed by atoms with Gasteiger partial charge in [-0.15, -0.1) is 0 Å². The molecule has 1 aliphatic rings. The lowest BCUT2D eigenvalue weighted by molar-refractivity contribution is 0.0796. The van der Waals surface area contributed by atoms with Gasteiger partial charge in [-0.05, 0) is 26.0 Å². The SMILES string of the molecule is CNC(c1ccccc1F)C1CCCO1. The zero-order valence-corrected chi connectivity index (χ0v) is 8.87. The van der Waals surface area contributed by atoms with E-state index in [-0.39, 0.29) is 18.0 Å². The molecule has 2 nitrogen and oxygen atoms in total. The molecule has 82 valence electrons. The molecule has 0 spiro atoms. The number of hydrogen-bond acceptors (Lipinski definition) is 2. The Labute approximate surface area is 89.4 Å². The van der Waals surface area contributed by atoms with Gasteiger partial charge in [0.2, 0.25) is 0 Å². The number of rotatable bonds is 3.